The lowest BCUT2D eigenvalue weighted by Gasteiger charge is -2.23. The van der Waals surface area contributed by atoms with Crippen molar-refractivity contribution in [1.82, 2.24) is 0 Å². The highest BCUT2D eigenvalue weighted by Crippen LogP contribution is 2.13. The third-order valence-corrected chi connectivity index (χ3v) is 5.24. The number of aliphatic hydroxyl groups excluding tert-OH is 4. The maximum Gasteiger partial charge on any atom is 0.160 e. The highest BCUT2D eigenvalue weighted by molar-refractivity contribution is 7.80. The molecule has 0 fully saturated rings. The average Bonchev–Trinajstić information content (AvgIpc) is 2.71. The number of rotatable bonds is 18. The molecule has 0 rings (SSSR count). The number of hydrogen-bond acceptors (Lipinski definition) is 6. The van der Waals surface area contributed by atoms with Crippen LogP contribution in [0.1, 0.15) is 104 Å². The van der Waals surface area contributed by atoms with E-state index in [9.17, 15) is 0 Å². The first-order valence-electron chi connectivity index (χ1n) is 11.5. The van der Waals surface area contributed by atoms with Crippen molar-refractivity contribution >= 4 is 17.3 Å². The van der Waals surface area contributed by atoms with Gasteiger partial charge in [0.15, 0.2) is 5.05 Å². The summed E-state index contributed by atoms with van der Waals surface area (Å²) in [4.78, 5) is 0. The van der Waals surface area contributed by atoms with Crippen LogP contribution in [0.25, 0.3) is 0 Å². The van der Waals surface area contributed by atoms with Crippen LogP contribution in [-0.2, 0) is 4.74 Å². The second-order valence-corrected chi connectivity index (χ2v) is 8.77. The molecule has 0 saturated carbocycles. The smallest absolute Gasteiger partial charge is 0.160 e. The zero-order valence-corrected chi connectivity index (χ0v) is 20.0. The minimum absolute atomic E-state index is 0.236. The van der Waals surface area contributed by atoms with Gasteiger partial charge >= 0.3 is 0 Å². The Morgan fingerprint density at radius 3 is 1.31 bits per heavy atom. The summed E-state index contributed by atoms with van der Waals surface area (Å²) in [5.41, 5.74) is -1.11. The molecule has 0 bridgehead atoms. The average molecular weight is 437 g/mol. The van der Waals surface area contributed by atoms with Gasteiger partial charge < -0.3 is 25.2 Å². The zero-order chi connectivity index (χ0) is 22.4. The van der Waals surface area contributed by atoms with E-state index in [-0.39, 0.29) is 6.10 Å². The van der Waals surface area contributed by atoms with Gasteiger partial charge in [-0.1, -0.05) is 77.6 Å². The van der Waals surface area contributed by atoms with Crippen molar-refractivity contribution in [3.63, 3.8) is 0 Å². The Morgan fingerprint density at radius 1 is 0.690 bits per heavy atom. The van der Waals surface area contributed by atoms with Crippen molar-refractivity contribution in [2.24, 2.45) is 5.41 Å². The van der Waals surface area contributed by atoms with Gasteiger partial charge in [-0.15, -0.1) is 0 Å². The molecule has 0 heterocycles. The summed E-state index contributed by atoms with van der Waals surface area (Å²) >= 11 is 5.19. The van der Waals surface area contributed by atoms with Gasteiger partial charge in [0.25, 0.3) is 0 Å². The number of thiocarbonyl (C=S) groups is 1. The molecule has 0 aromatic rings. The van der Waals surface area contributed by atoms with Crippen molar-refractivity contribution in [2.75, 3.05) is 26.4 Å². The predicted molar refractivity (Wildman–Crippen MR) is 125 cm³/mol. The van der Waals surface area contributed by atoms with Gasteiger partial charge in [0.1, 0.15) is 0 Å². The van der Waals surface area contributed by atoms with Crippen molar-refractivity contribution in [2.45, 2.75) is 110 Å². The first-order chi connectivity index (χ1) is 13.9. The molecule has 176 valence electrons. The summed E-state index contributed by atoms with van der Waals surface area (Å²) in [5, 5.41) is 34.8. The molecule has 0 radical (unpaired) electrons. The molecule has 0 aliphatic rings. The fourth-order valence-electron chi connectivity index (χ4n) is 2.73. The Morgan fingerprint density at radius 2 is 1.03 bits per heavy atom. The van der Waals surface area contributed by atoms with E-state index in [0.29, 0.717) is 0 Å². The van der Waals surface area contributed by atoms with Crippen LogP contribution in [0.2, 0.25) is 0 Å². The molecule has 5 nitrogen and oxygen atoms in total. The molecular weight excluding hydrogens is 388 g/mol. The SMILES string of the molecule is CCCCCCCCCCCCCCC(=S)OC(C)C.OCC(CO)(CO)CO. The molecule has 0 saturated heterocycles. The third kappa shape index (κ3) is 20.8. The summed E-state index contributed by atoms with van der Waals surface area (Å²) in [6.45, 7) is 4.73. The Hall–Kier alpha value is -0.270. The van der Waals surface area contributed by atoms with Gasteiger partial charge in [0.05, 0.1) is 37.9 Å². The van der Waals surface area contributed by atoms with Crippen molar-refractivity contribution < 1.29 is 25.2 Å². The lowest BCUT2D eigenvalue weighted by atomic mass is 9.93. The summed E-state index contributed by atoms with van der Waals surface area (Å²) in [7, 11) is 0. The number of aliphatic hydroxyl groups is 4. The van der Waals surface area contributed by atoms with Crippen LogP contribution in [0.15, 0.2) is 0 Å². The number of unbranched alkanes of at least 4 members (excludes halogenated alkanes) is 11. The summed E-state index contributed by atoms with van der Waals surface area (Å²) < 4.78 is 5.48. The fourth-order valence-corrected chi connectivity index (χ4v) is 3.07. The molecule has 0 amide bonds. The minimum Gasteiger partial charge on any atom is -0.484 e. The fraction of sp³-hybridized carbons (Fsp3) is 0.957. The summed E-state index contributed by atoms with van der Waals surface area (Å²) in [6, 6.07) is 0. The molecule has 0 unspecified atom stereocenters. The van der Waals surface area contributed by atoms with E-state index in [1.807, 2.05) is 13.8 Å². The topological polar surface area (TPSA) is 90.2 Å². The van der Waals surface area contributed by atoms with Crippen LogP contribution in [-0.4, -0.2) is 58.0 Å². The van der Waals surface area contributed by atoms with Crippen molar-refractivity contribution in [3.8, 4) is 0 Å². The molecule has 29 heavy (non-hydrogen) atoms. The Bertz CT molecular complexity index is 329. The lowest BCUT2D eigenvalue weighted by molar-refractivity contribution is -0.0328. The molecular formula is C23H48O5S. The molecule has 0 spiro atoms. The second-order valence-electron chi connectivity index (χ2n) is 8.31. The number of hydrogen-bond donors (Lipinski definition) is 4. The molecule has 6 heteroatoms. The maximum atomic E-state index is 8.50. The van der Waals surface area contributed by atoms with Gasteiger partial charge in [0.2, 0.25) is 0 Å². The standard InChI is InChI=1S/C18H36OS.C5H12O4/c1-4-5-6-7-8-9-10-11-12-13-14-15-16-18(20)19-17(2)3;6-1-5(2-7,3-8)4-9/h17H,4-16H2,1-3H3;6-9H,1-4H2. The van der Waals surface area contributed by atoms with Gasteiger partial charge in [0, 0.05) is 6.42 Å². The summed E-state index contributed by atoms with van der Waals surface area (Å²) in [6.07, 6.45) is 17.8. The second kappa shape index (κ2) is 22.4. The summed E-state index contributed by atoms with van der Waals surface area (Å²) in [5.74, 6) is 0. The minimum atomic E-state index is -1.11. The zero-order valence-electron chi connectivity index (χ0n) is 19.2. The molecule has 0 aliphatic heterocycles. The monoisotopic (exact) mass is 436 g/mol. The van der Waals surface area contributed by atoms with Gasteiger partial charge in [-0.3, -0.25) is 0 Å². The van der Waals surface area contributed by atoms with Crippen LogP contribution < -0.4 is 0 Å². The first-order valence-corrected chi connectivity index (χ1v) is 11.9. The first kappa shape index (κ1) is 30.9. The Labute approximate surface area is 184 Å². The third-order valence-electron chi connectivity index (χ3n) is 4.94. The Kier molecular flexibility index (Phi) is 23.9. The van der Waals surface area contributed by atoms with Gasteiger partial charge in [-0.25, -0.2) is 0 Å². The Balaban J connectivity index is 0. The molecule has 0 aromatic heterocycles. The van der Waals surface area contributed by atoms with E-state index < -0.39 is 31.8 Å². The van der Waals surface area contributed by atoms with Gasteiger partial charge in [-0.05, 0) is 32.5 Å². The highest BCUT2D eigenvalue weighted by atomic mass is 32.1. The molecule has 0 aromatic carbocycles. The van der Waals surface area contributed by atoms with E-state index in [1.165, 1.54) is 77.0 Å². The molecule has 4 N–H and O–H groups in total. The lowest BCUT2D eigenvalue weighted by Crippen LogP contribution is -2.37. The van der Waals surface area contributed by atoms with E-state index in [1.54, 1.807) is 0 Å². The van der Waals surface area contributed by atoms with Gasteiger partial charge in [-0.2, -0.15) is 0 Å². The van der Waals surface area contributed by atoms with Crippen LogP contribution >= 0.6 is 12.2 Å². The normalized spacial score (nSPS) is 11.3. The van der Waals surface area contributed by atoms with Crippen molar-refractivity contribution in [3.05, 3.63) is 0 Å². The number of ether oxygens (including phenoxy) is 1. The van der Waals surface area contributed by atoms with E-state index in [4.69, 9.17) is 37.4 Å². The van der Waals surface area contributed by atoms with Crippen molar-refractivity contribution in [1.29, 1.82) is 0 Å². The maximum absolute atomic E-state index is 8.50. The van der Waals surface area contributed by atoms with Crippen LogP contribution in [0.4, 0.5) is 0 Å². The van der Waals surface area contributed by atoms with E-state index in [0.717, 1.165) is 11.5 Å². The largest absolute Gasteiger partial charge is 0.484 e. The quantitative estimate of drug-likeness (QED) is 0.183. The molecule has 0 aliphatic carbocycles. The van der Waals surface area contributed by atoms with E-state index in [2.05, 4.69) is 6.92 Å². The van der Waals surface area contributed by atoms with Crippen LogP contribution in [0, 0.1) is 5.41 Å². The van der Waals surface area contributed by atoms with E-state index >= 15 is 0 Å². The van der Waals surface area contributed by atoms with Crippen LogP contribution in [0.5, 0.6) is 0 Å². The molecule has 0 atom stereocenters. The highest BCUT2D eigenvalue weighted by Gasteiger charge is 2.26. The van der Waals surface area contributed by atoms with Crippen LogP contribution in [0.3, 0.4) is 0 Å². The predicted octanol–water partition coefficient (Wildman–Crippen LogP) is 4.77.